The number of alkyl halides is 3. The number of methoxy groups -OCH3 is 1. The molecule has 0 aliphatic rings. The normalized spacial score (nSPS) is 11.0. The van der Waals surface area contributed by atoms with Crippen LogP contribution in [0.15, 0.2) is 12.1 Å². The van der Waals surface area contributed by atoms with Crippen LogP contribution in [-0.2, 0) is 4.74 Å². The van der Waals surface area contributed by atoms with Crippen molar-refractivity contribution in [3.8, 4) is 5.88 Å². The van der Waals surface area contributed by atoms with Crippen LogP contribution in [0.3, 0.4) is 0 Å². The molecule has 0 aromatic carbocycles. The van der Waals surface area contributed by atoms with Crippen molar-refractivity contribution < 1.29 is 27.4 Å². The van der Waals surface area contributed by atoms with E-state index in [1.165, 1.54) is 0 Å². The summed E-state index contributed by atoms with van der Waals surface area (Å²) in [6.07, 6.45) is -4.44. The highest BCUT2D eigenvalue weighted by Crippen LogP contribution is 2.16. The first-order chi connectivity index (χ1) is 7.42. The number of aromatic nitrogens is 2. The summed E-state index contributed by atoms with van der Waals surface area (Å²) in [5.74, 6) is -1.04. The maximum absolute atomic E-state index is 11.8. The Morgan fingerprint density at radius 1 is 1.38 bits per heavy atom. The van der Waals surface area contributed by atoms with Gasteiger partial charge in [-0.3, -0.25) is 0 Å². The number of esters is 1. The van der Waals surface area contributed by atoms with Gasteiger partial charge in [0.25, 0.3) is 0 Å². The van der Waals surface area contributed by atoms with E-state index in [4.69, 9.17) is 0 Å². The molecule has 0 atom stereocenters. The van der Waals surface area contributed by atoms with Crippen LogP contribution in [0.4, 0.5) is 13.2 Å². The highest BCUT2D eigenvalue weighted by molar-refractivity contribution is 5.86. The molecule has 0 spiro atoms. The first-order valence-electron chi connectivity index (χ1n) is 4.04. The van der Waals surface area contributed by atoms with E-state index in [1.54, 1.807) is 0 Å². The predicted octanol–water partition coefficient (Wildman–Crippen LogP) is 1.20. The van der Waals surface area contributed by atoms with Gasteiger partial charge < -0.3 is 9.47 Å². The highest BCUT2D eigenvalue weighted by atomic mass is 19.4. The van der Waals surface area contributed by atoms with Gasteiger partial charge in [-0.1, -0.05) is 0 Å². The first-order valence-corrected chi connectivity index (χ1v) is 4.04. The zero-order chi connectivity index (χ0) is 12.2. The van der Waals surface area contributed by atoms with Crippen LogP contribution in [0, 0.1) is 0 Å². The van der Waals surface area contributed by atoms with Gasteiger partial charge in [0.1, 0.15) is 0 Å². The second-order valence-corrected chi connectivity index (χ2v) is 2.65. The molecule has 0 aliphatic heterocycles. The molecule has 0 saturated heterocycles. The van der Waals surface area contributed by atoms with Gasteiger partial charge in [0.05, 0.1) is 7.11 Å². The Morgan fingerprint density at radius 2 is 2.06 bits per heavy atom. The van der Waals surface area contributed by atoms with Crippen molar-refractivity contribution in [2.45, 2.75) is 6.18 Å². The van der Waals surface area contributed by atoms with Crippen LogP contribution < -0.4 is 4.74 Å². The SMILES string of the molecule is COC(=O)c1ccc(OCC(F)(F)F)nn1. The van der Waals surface area contributed by atoms with Crippen LogP contribution >= 0.6 is 0 Å². The Bertz CT molecular complexity index is 364. The molecule has 0 bridgehead atoms. The quantitative estimate of drug-likeness (QED) is 0.738. The average Bonchev–Trinajstić information content (AvgIpc) is 2.25. The highest BCUT2D eigenvalue weighted by Gasteiger charge is 2.28. The lowest BCUT2D eigenvalue weighted by Gasteiger charge is -2.07. The Balaban J connectivity index is 2.62. The Kier molecular flexibility index (Phi) is 3.64. The van der Waals surface area contributed by atoms with E-state index in [9.17, 15) is 18.0 Å². The lowest BCUT2D eigenvalue weighted by atomic mass is 10.4. The second kappa shape index (κ2) is 4.77. The summed E-state index contributed by atoms with van der Waals surface area (Å²) in [6, 6.07) is 2.26. The minimum atomic E-state index is -4.44. The molecular formula is C8H7F3N2O3. The summed E-state index contributed by atoms with van der Waals surface area (Å²) >= 11 is 0. The average molecular weight is 236 g/mol. The zero-order valence-electron chi connectivity index (χ0n) is 8.11. The van der Waals surface area contributed by atoms with Gasteiger partial charge in [-0.15, -0.1) is 10.2 Å². The van der Waals surface area contributed by atoms with Crippen molar-refractivity contribution in [2.24, 2.45) is 0 Å². The van der Waals surface area contributed by atoms with Crippen LogP contribution in [0.2, 0.25) is 0 Å². The van der Waals surface area contributed by atoms with Crippen molar-refractivity contribution in [1.82, 2.24) is 10.2 Å². The molecule has 5 nitrogen and oxygen atoms in total. The molecule has 1 aromatic heterocycles. The third-order valence-electron chi connectivity index (χ3n) is 1.42. The molecule has 8 heteroatoms. The van der Waals surface area contributed by atoms with E-state index in [-0.39, 0.29) is 11.6 Å². The van der Waals surface area contributed by atoms with Crippen LogP contribution in [0.5, 0.6) is 5.88 Å². The van der Waals surface area contributed by atoms with E-state index < -0.39 is 18.8 Å². The van der Waals surface area contributed by atoms with Crippen molar-refractivity contribution in [2.75, 3.05) is 13.7 Å². The van der Waals surface area contributed by atoms with Crippen molar-refractivity contribution in [3.63, 3.8) is 0 Å². The zero-order valence-corrected chi connectivity index (χ0v) is 8.11. The molecule has 0 radical (unpaired) electrons. The molecule has 0 amide bonds. The second-order valence-electron chi connectivity index (χ2n) is 2.65. The predicted molar refractivity (Wildman–Crippen MR) is 44.9 cm³/mol. The van der Waals surface area contributed by atoms with E-state index in [1.807, 2.05) is 0 Å². The fourth-order valence-corrected chi connectivity index (χ4v) is 0.766. The van der Waals surface area contributed by atoms with Crippen molar-refractivity contribution in [1.29, 1.82) is 0 Å². The van der Waals surface area contributed by atoms with Gasteiger partial charge >= 0.3 is 12.1 Å². The summed E-state index contributed by atoms with van der Waals surface area (Å²) in [5, 5.41) is 6.61. The third-order valence-corrected chi connectivity index (χ3v) is 1.42. The fraction of sp³-hybridized carbons (Fsp3) is 0.375. The van der Waals surface area contributed by atoms with Gasteiger partial charge in [0.2, 0.25) is 5.88 Å². The Labute approximate surface area is 88.2 Å². The molecule has 1 aromatic rings. The summed E-state index contributed by atoms with van der Waals surface area (Å²) in [4.78, 5) is 10.9. The first kappa shape index (κ1) is 12.2. The maximum Gasteiger partial charge on any atom is 0.422 e. The van der Waals surface area contributed by atoms with Gasteiger partial charge in [-0.25, -0.2) is 4.79 Å². The number of ether oxygens (including phenoxy) is 2. The lowest BCUT2D eigenvalue weighted by molar-refractivity contribution is -0.154. The van der Waals surface area contributed by atoms with Gasteiger partial charge in [-0.2, -0.15) is 13.2 Å². The minimum absolute atomic E-state index is 0.109. The number of halogens is 3. The third kappa shape index (κ3) is 3.71. The molecule has 0 fully saturated rings. The number of carbonyl (C=O) groups excluding carboxylic acids is 1. The Hall–Kier alpha value is -1.86. The van der Waals surface area contributed by atoms with E-state index in [0.717, 1.165) is 19.2 Å². The van der Waals surface area contributed by atoms with Gasteiger partial charge in [-0.05, 0) is 6.07 Å². The molecule has 0 N–H and O–H groups in total. The van der Waals surface area contributed by atoms with E-state index in [2.05, 4.69) is 19.7 Å². The largest absolute Gasteiger partial charge is 0.467 e. The van der Waals surface area contributed by atoms with Crippen LogP contribution in [-0.4, -0.2) is 36.1 Å². The molecule has 0 aliphatic carbocycles. The van der Waals surface area contributed by atoms with Gasteiger partial charge in [0.15, 0.2) is 12.3 Å². The molecule has 0 unspecified atom stereocenters. The van der Waals surface area contributed by atoms with Crippen LogP contribution in [0.25, 0.3) is 0 Å². The smallest absolute Gasteiger partial charge is 0.422 e. The van der Waals surface area contributed by atoms with E-state index in [0.29, 0.717) is 0 Å². The summed E-state index contributed by atoms with van der Waals surface area (Å²) in [5.41, 5.74) is -0.109. The summed E-state index contributed by atoms with van der Waals surface area (Å²) in [7, 11) is 1.15. The maximum atomic E-state index is 11.8. The monoisotopic (exact) mass is 236 g/mol. The molecule has 1 heterocycles. The number of hydrogen-bond acceptors (Lipinski definition) is 5. The molecule has 16 heavy (non-hydrogen) atoms. The minimum Gasteiger partial charge on any atom is -0.467 e. The number of carbonyl (C=O) groups is 1. The number of rotatable bonds is 3. The summed E-state index contributed by atoms with van der Waals surface area (Å²) < 4.78 is 43.9. The fourth-order valence-electron chi connectivity index (χ4n) is 0.766. The van der Waals surface area contributed by atoms with Crippen LogP contribution in [0.1, 0.15) is 10.5 Å². The number of nitrogens with zero attached hydrogens (tertiary/aromatic N) is 2. The Morgan fingerprint density at radius 3 is 2.50 bits per heavy atom. The molecule has 1 rings (SSSR count). The van der Waals surface area contributed by atoms with Crippen molar-refractivity contribution in [3.05, 3.63) is 17.8 Å². The summed E-state index contributed by atoms with van der Waals surface area (Å²) in [6.45, 7) is -1.46. The standard InChI is InChI=1S/C8H7F3N2O3/c1-15-7(14)5-2-3-6(13-12-5)16-4-8(9,10)11/h2-3H,4H2,1H3. The molecular weight excluding hydrogens is 229 g/mol. The van der Waals surface area contributed by atoms with Crippen molar-refractivity contribution >= 4 is 5.97 Å². The van der Waals surface area contributed by atoms with E-state index >= 15 is 0 Å². The molecule has 0 saturated carbocycles. The topological polar surface area (TPSA) is 61.3 Å². The molecule has 88 valence electrons. The van der Waals surface area contributed by atoms with Gasteiger partial charge in [0, 0.05) is 6.07 Å². The lowest BCUT2D eigenvalue weighted by Crippen LogP contribution is -2.20. The number of hydrogen-bond donors (Lipinski definition) is 0.